The van der Waals surface area contributed by atoms with E-state index in [-0.39, 0.29) is 0 Å². The van der Waals surface area contributed by atoms with E-state index in [2.05, 4.69) is 53.0 Å². The van der Waals surface area contributed by atoms with Crippen LogP contribution in [0, 0.1) is 0 Å². The first kappa shape index (κ1) is 11.5. The van der Waals surface area contributed by atoms with Gasteiger partial charge in [-0.2, -0.15) is 0 Å². The molecule has 1 aliphatic heterocycles. The van der Waals surface area contributed by atoms with Crippen molar-refractivity contribution in [2.75, 3.05) is 6.54 Å². The maximum absolute atomic E-state index is 4.49. The summed E-state index contributed by atoms with van der Waals surface area (Å²) in [5, 5.41) is 3.35. The lowest BCUT2D eigenvalue weighted by atomic mass is 10.0. The van der Waals surface area contributed by atoms with Crippen LogP contribution in [-0.2, 0) is 13.0 Å². The first-order valence-corrected chi connectivity index (χ1v) is 6.62. The summed E-state index contributed by atoms with van der Waals surface area (Å²) < 4.78 is 2.22. The lowest BCUT2D eigenvalue weighted by Crippen LogP contribution is -2.24. The summed E-state index contributed by atoms with van der Waals surface area (Å²) in [6, 6.07) is 8.82. The molecular formula is C15H19N3. The monoisotopic (exact) mass is 241 g/mol. The average Bonchev–Trinajstić information content (AvgIpc) is 2.82. The Kier molecular flexibility index (Phi) is 2.92. The van der Waals surface area contributed by atoms with Crippen LogP contribution in [0.3, 0.4) is 0 Å². The Morgan fingerprint density at radius 2 is 2.00 bits per heavy atom. The third-order valence-electron chi connectivity index (χ3n) is 3.62. The van der Waals surface area contributed by atoms with Crippen molar-refractivity contribution in [1.82, 2.24) is 14.9 Å². The van der Waals surface area contributed by atoms with Crippen molar-refractivity contribution in [1.29, 1.82) is 0 Å². The summed E-state index contributed by atoms with van der Waals surface area (Å²) in [5.41, 5.74) is 5.14. The number of rotatable bonds is 2. The lowest BCUT2D eigenvalue weighted by Gasteiger charge is -2.15. The van der Waals surface area contributed by atoms with Gasteiger partial charge in [0.1, 0.15) is 0 Å². The largest absolute Gasteiger partial charge is 0.311 e. The fraction of sp³-hybridized carbons (Fsp3) is 0.400. The highest BCUT2D eigenvalue weighted by Crippen LogP contribution is 2.20. The van der Waals surface area contributed by atoms with Crippen LogP contribution in [-0.4, -0.2) is 16.1 Å². The molecule has 1 aliphatic rings. The Morgan fingerprint density at radius 3 is 2.72 bits per heavy atom. The summed E-state index contributed by atoms with van der Waals surface area (Å²) in [5.74, 6) is 0.583. The number of aromatic nitrogens is 2. The van der Waals surface area contributed by atoms with Crippen LogP contribution in [0.4, 0.5) is 0 Å². The van der Waals surface area contributed by atoms with Crippen molar-refractivity contribution < 1.29 is 0 Å². The molecule has 18 heavy (non-hydrogen) atoms. The Labute approximate surface area is 108 Å². The summed E-state index contributed by atoms with van der Waals surface area (Å²) in [4.78, 5) is 4.49. The number of nitrogens with one attached hydrogen (secondary N) is 1. The number of hydrogen-bond acceptors (Lipinski definition) is 2. The van der Waals surface area contributed by atoms with Gasteiger partial charge in [0.05, 0.1) is 12.0 Å². The van der Waals surface area contributed by atoms with Crippen molar-refractivity contribution in [2.24, 2.45) is 0 Å². The molecule has 0 aliphatic carbocycles. The first-order valence-electron chi connectivity index (χ1n) is 6.62. The molecule has 3 heteroatoms. The normalized spacial score (nSPS) is 14.8. The molecule has 2 aromatic rings. The lowest BCUT2D eigenvalue weighted by molar-refractivity contribution is 0.620. The number of hydrogen-bond donors (Lipinski definition) is 1. The molecule has 0 radical (unpaired) electrons. The van der Waals surface area contributed by atoms with Gasteiger partial charge in [-0.1, -0.05) is 26.0 Å². The quantitative estimate of drug-likeness (QED) is 0.876. The Morgan fingerprint density at radius 1 is 1.22 bits per heavy atom. The maximum atomic E-state index is 4.49. The second-order valence-corrected chi connectivity index (χ2v) is 5.18. The van der Waals surface area contributed by atoms with E-state index < -0.39 is 0 Å². The van der Waals surface area contributed by atoms with Gasteiger partial charge in [0.2, 0.25) is 0 Å². The SMILES string of the molecule is CC(C)c1ccc(-n2cnc3c2CCNC3)cc1. The molecule has 0 bridgehead atoms. The zero-order chi connectivity index (χ0) is 12.5. The highest BCUT2D eigenvalue weighted by Gasteiger charge is 2.15. The molecule has 0 spiro atoms. The van der Waals surface area contributed by atoms with Crippen LogP contribution in [0.5, 0.6) is 0 Å². The molecule has 1 aromatic carbocycles. The van der Waals surface area contributed by atoms with E-state index in [9.17, 15) is 0 Å². The predicted octanol–water partition coefficient (Wildman–Crippen LogP) is 2.64. The van der Waals surface area contributed by atoms with Gasteiger partial charge in [-0.3, -0.25) is 0 Å². The van der Waals surface area contributed by atoms with Gasteiger partial charge in [-0.15, -0.1) is 0 Å². The zero-order valence-electron chi connectivity index (χ0n) is 11.0. The number of fused-ring (bicyclic) bond motifs is 1. The van der Waals surface area contributed by atoms with Crippen molar-refractivity contribution in [3.8, 4) is 5.69 Å². The van der Waals surface area contributed by atoms with Crippen molar-refractivity contribution in [3.63, 3.8) is 0 Å². The minimum Gasteiger partial charge on any atom is -0.311 e. The molecule has 3 nitrogen and oxygen atoms in total. The van der Waals surface area contributed by atoms with Gasteiger partial charge in [-0.05, 0) is 23.6 Å². The molecule has 0 unspecified atom stereocenters. The summed E-state index contributed by atoms with van der Waals surface area (Å²) in [7, 11) is 0. The van der Waals surface area contributed by atoms with Gasteiger partial charge >= 0.3 is 0 Å². The van der Waals surface area contributed by atoms with Crippen LogP contribution in [0.15, 0.2) is 30.6 Å². The topological polar surface area (TPSA) is 29.9 Å². The smallest absolute Gasteiger partial charge is 0.0998 e. The summed E-state index contributed by atoms with van der Waals surface area (Å²) in [6.07, 6.45) is 3.00. The molecule has 2 heterocycles. The van der Waals surface area contributed by atoms with E-state index in [0.29, 0.717) is 5.92 Å². The fourth-order valence-electron chi connectivity index (χ4n) is 2.48. The minimum absolute atomic E-state index is 0.583. The highest BCUT2D eigenvalue weighted by atomic mass is 15.1. The molecule has 94 valence electrons. The molecule has 0 saturated carbocycles. The van der Waals surface area contributed by atoms with E-state index in [1.165, 1.54) is 22.6 Å². The number of nitrogens with zero attached hydrogens (tertiary/aromatic N) is 2. The number of benzene rings is 1. The summed E-state index contributed by atoms with van der Waals surface area (Å²) in [6.45, 7) is 6.38. The average molecular weight is 241 g/mol. The van der Waals surface area contributed by atoms with E-state index >= 15 is 0 Å². The molecular weight excluding hydrogens is 222 g/mol. The van der Waals surface area contributed by atoms with Crippen LogP contribution >= 0.6 is 0 Å². The Bertz CT molecular complexity index is 537. The van der Waals surface area contributed by atoms with Gasteiger partial charge in [-0.25, -0.2) is 4.98 Å². The van der Waals surface area contributed by atoms with Crippen molar-refractivity contribution in [3.05, 3.63) is 47.5 Å². The van der Waals surface area contributed by atoms with Crippen molar-refractivity contribution in [2.45, 2.75) is 32.7 Å². The van der Waals surface area contributed by atoms with E-state index in [1.807, 2.05) is 6.33 Å². The second kappa shape index (κ2) is 4.58. The maximum Gasteiger partial charge on any atom is 0.0998 e. The molecule has 0 amide bonds. The molecule has 3 rings (SSSR count). The van der Waals surface area contributed by atoms with E-state index in [1.54, 1.807) is 0 Å². The van der Waals surface area contributed by atoms with Gasteiger partial charge < -0.3 is 9.88 Å². The van der Waals surface area contributed by atoms with Crippen LogP contribution in [0.25, 0.3) is 5.69 Å². The summed E-state index contributed by atoms with van der Waals surface area (Å²) >= 11 is 0. The van der Waals surface area contributed by atoms with E-state index in [4.69, 9.17) is 0 Å². The van der Waals surface area contributed by atoms with Crippen molar-refractivity contribution >= 4 is 0 Å². The first-order chi connectivity index (χ1) is 8.75. The number of imidazole rings is 1. The zero-order valence-corrected chi connectivity index (χ0v) is 11.0. The van der Waals surface area contributed by atoms with Crippen LogP contribution < -0.4 is 5.32 Å². The molecule has 0 atom stereocenters. The molecule has 0 fully saturated rings. The van der Waals surface area contributed by atoms with Gasteiger partial charge in [0.15, 0.2) is 0 Å². The van der Waals surface area contributed by atoms with Gasteiger partial charge in [0, 0.05) is 30.9 Å². The molecule has 1 aromatic heterocycles. The Balaban J connectivity index is 1.97. The van der Waals surface area contributed by atoms with E-state index in [0.717, 1.165) is 19.5 Å². The highest BCUT2D eigenvalue weighted by molar-refractivity contribution is 5.38. The molecule has 1 N–H and O–H groups in total. The van der Waals surface area contributed by atoms with Gasteiger partial charge in [0.25, 0.3) is 0 Å². The predicted molar refractivity (Wildman–Crippen MR) is 73.1 cm³/mol. The third kappa shape index (κ3) is 1.95. The standard InChI is InChI=1S/C15H19N3/c1-11(2)12-3-5-13(6-4-12)18-10-17-14-9-16-8-7-15(14)18/h3-6,10-11,16H,7-9H2,1-2H3. The Hall–Kier alpha value is -1.61. The third-order valence-corrected chi connectivity index (χ3v) is 3.62. The molecule has 0 saturated heterocycles. The minimum atomic E-state index is 0.583. The fourth-order valence-corrected chi connectivity index (χ4v) is 2.48. The van der Waals surface area contributed by atoms with Crippen LogP contribution in [0.1, 0.15) is 36.7 Å². The second-order valence-electron chi connectivity index (χ2n) is 5.18. The van der Waals surface area contributed by atoms with Crippen LogP contribution in [0.2, 0.25) is 0 Å².